The Balaban J connectivity index is 2.26. The number of carbonyl (C=O) groups excluding carboxylic acids is 2. The average molecular weight is 335 g/mol. The summed E-state index contributed by atoms with van der Waals surface area (Å²) in [5.41, 5.74) is 7.42. The number of hydrogen-bond acceptors (Lipinski definition) is 6. The van der Waals surface area contributed by atoms with Gasteiger partial charge in [0.25, 0.3) is 0 Å². The molecule has 1 saturated heterocycles. The van der Waals surface area contributed by atoms with E-state index >= 15 is 0 Å². The van der Waals surface area contributed by atoms with Gasteiger partial charge in [-0.1, -0.05) is 6.92 Å². The lowest BCUT2D eigenvalue weighted by Gasteiger charge is -2.29. The van der Waals surface area contributed by atoms with E-state index in [1.165, 1.54) is 7.11 Å². The molecule has 24 heavy (non-hydrogen) atoms. The SMILES string of the molecule is COC(=O)c1cc(N2CCOCC2)ccc1NC(=O)C(C)C(C)N. The Morgan fingerprint density at radius 3 is 2.54 bits per heavy atom. The summed E-state index contributed by atoms with van der Waals surface area (Å²) in [7, 11) is 1.32. The molecule has 1 aliphatic heterocycles. The van der Waals surface area contributed by atoms with Gasteiger partial charge < -0.3 is 25.4 Å². The van der Waals surface area contributed by atoms with Crippen LogP contribution in [-0.4, -0.2) is 51.3 Å². The maximum Gasteiger partial charge on any atom is 0.340 e. The lowest BCUT2D eigenvalue weighted by molar-refractivity contribution is -0.119. The fourth-order valence-corrected chi connectivity index (χ4v) is 2.42. The Bertz CT molecular complexity index is 597. The predicted octanol–water partition coefficient (Wildman–Crippen LogP) is 1.23. The van der Waals surface area contributed by atoms with E-state index in [0.29, 0.717) is 24.5 Å². The number of amides is 1. The van der Waals surface area contributed by atoms with Gasteiger partial charge >= 0.3 is 5.97 Å². The molecule has 1 heterocycles. The summed E-state index contributed by atoms with van der Waals surface area (Å²) in [6, 6.07) is 5.06. The van der Waals surface area contributed by atoms with Crippen LogP contribution in [-0.2, 0) is 14.3 Å². The summed E-state index contributed by atoms with van der Waals surface area (Å²) in [6.07, 6.45) is 0. The molecule has 0 bridgehead atoms. The van der Waals surface area contributed by atoms with Gasteiger partial charge in [0, 0.05) is 24.8 Å². The van der Waals surface area contributed by atoms with E-state index in [1.54, 1.807) is 26.0 Å². The van der Waals surface area contributed by atoms with Crippen LogP contribution >= 0.6 is 0 Å². The van der Waals surface area contributed by atoms with Crippen LogP contribution in [0.2, 0.25) is 0 Å². The summed E-state index contributed by atoms with van der Waals surface area (Å²) < 4.78 is 10.2. The first-order valence-corrected chi connectivity index (χ1v) is 8.05. The zero-order chi connectivity index (χ0) is 17.7. The summed E-state index contributed by atoms with van der Waals surface area (Å²) in [5, 5.41) is 2.77. The van der Waals surface area contributed by atoms with Crippen molar-refractivity contribution in [1.82, 2.24) is 0 Å². The Hall–Kier alpha value is -2.12. The van der Waals surface area contributed by atoms with Gasteiger partial charge in [-0.25, -0.2) is 4.79 Å². The monoisotopic (exact) mass is 335 g/mol. The third kappa shape index (κ3) is 4.24. The summed E-state index contributed by atoms with van der Waals surface area (Å²) in [4.78, 5) is 26.5. The molecule has 1 aliphatic rings. The van der Waals surface area contributed by atoms with E-state index in [4.69, 9.17) is 15.2 Å². The molecule has 1 aromatic rings. The number of nitrogens with zero attached hydrogens (tertiary/aromatic N) is 1. The number of nitrogens with two attached hydrogens (primary N) is 1. The van der Waals surface area contributed by atoms with Gasteiger partial charge in [-0.2, -0.15) is 0 Å². The second kappa shape index (κ2) is 8.12. The van der Waals surface area contributed by atoms with Crippen molar-refractivity contribution >= 4 is 23.3 Å². The van der Waals surface area contributed by atoms with Crippen molar-refractivity contribution in [2.45, 2.75) is 19.9 Å². The quantitative estimate of drug-likeness (QED) is 0.786. The Morgan fingerprint density at radius 2 is 1.96 bits per heavy atom. The fourth-order valence-electron chi connectivity index (χ4n) is 2.42. The van der Waals surface area contributed by atoms with Crippen molar-refractivity contribution in [3.05, 3.63) is 23.8 Å². The maximum atomic E-state index is 12.2. The van der Waals surface area contributed by atoms with E-state index in [1.807, 2.05) is 6.07 Å². The molecule has 2 atom stereocenters. The molecule has 7 nitrogen and oxygen atoms in total. The second-order valence-electron chi connectivity index (χ2n) is 5.96. The molecule has 1 aromatic carbocycles. The predicted molar refractivity (Wildman–Crippen MR) is 92.3 cm³/mol. The summed E-state index contributed by atoms with van der Waals surface area (Å²) in [5.74, 6) is -1.09. The molecule has 0 spiro atoms. The van der Waals surface area contributed by atoms with Crippen molar-refractivity contribution in [3.8, 4) is 0 Å². The number of nitrogens with one attached hydrogen (secondary N) is 1. The van der Waals surface area contributed by atoms with Gasteiger partial charge in [0.15, 0.2) is 0 Å². The molecule has 1 fully saturated rings. The van der Waals surface area contributed by atoms with Crippen LogP contribution in [0.4, 0.5) is 11.4 Å². The third-order valence-corrected chi connectivity index (χ3v) is 4.24. The van der Waals surface area contributed by atoms with Crippen LogP contribution in [0.25, 0.3) is 0 Å². The number of benzene rings is 1. The Morgan fingerprint density at radius 1 is 1.29 bits per heavy atom. The maximum absolute atomic E-state index is 12.2. The van der Waals surface area contributed by atoms with Crippen molar-refractivity contribution in [1.29, 1.82) is 0 Å². The number of carbonyl (C=O) groups is 2. The van der Waals surface area contributed by atoms with Crippen molar-refractivity contribution < 1.29 is 19.1 Å². The standard InChI is InChI=1S/C17H25N3O4/c1-11(12(2)18)16(21)19-15-5-4-13(10-14(15)17(22)23-3)20-6-8-24-9-7-20/h4-5,10-12H,6-9,18H2,1-3H3,(H,19,21). The minimum atomic E-state index is -0.492. The Labute approximate surface area is 142 Å². The third-order valence-electron chi connectivity index (χ3n) is 4.24. The highest BCUT2D eigenvalue weighted by molar-refractivity contribution is 6.02. The highest BCUT2D eigenvalue weighted by Gasteiger charge is 2.21. The first kappa shape index (κ1) is 18.2. The highest BCUT2D eigenvalue weighted by Crippen LogP contribution is 2.25. The molecule has 3 N–H and O–H groups in total. The molecule has 0 aromatic heterocycles. The zero-order valence-corrected chi connectivity index (χ0v) is 14.4. The Kier molecular flexibility index (Phi) is 6.16. The molecule has 2 rings (SSSR count). The van der Waals surface area contributed by atoms with Crippen LogP contribution in [0.3, 0.4) is 0 Å². The largest absolute Gasteiger partial charge is 0.465 e. The number of ether oxygens (including phenoxy) is 2. The first-order chi connectivity index (χ1) is 11.4. The molecular weight excluding hydrogens is 310 g/mol. The highest BCUT2D eigenvalue weighted by atomic mass is 16.5. The molecular formula is C17H25N3O4. The number of morpholine rings is 1. The van der Waals surface area contributed by atoms with Gasteiger partial charge in [-0.05, 0) is 25.1 Å². The molecule has 0 aliphatic carbocycles. The van der Waals surface area contributed by atoms with E-state index < -0.39 is 5.97 Å². The number of esters is 1. The van der Waals surface area contributed by atoms with Crippen LogP contribution in [0, 0.1) is 5.92 Å². The molecule has 1 amide bonds. The molecule has 0 saturated carbocycles. The molecule has 2 unspecified atom stereocenters. The fraction of sp³-hybridized carbons (Fsp3) is 0.529. The van der Waals surface area contributed by atoms with Crippen molar-refractivity contribution in [2.24, 2.45) is 11.7 Å². The molecule has 0 radical (unpaired) electrons. The number of anilines is 2. The van der Waals surface area contributed by atoms with Gasteiger partial charge in [-0.15, -0.1) is 0 Å². The minimum absolute atomic E-state index is 0.228. The van der Waals surface area contributed by atoms with E-state index in [0.717, 1.165) is 18.8 Å². The summed E-state index contributed by atoms with van der Waals surface area (Å²) >= 11 is 0. The molecule has 7 heteroatoms. The van der Waals surface area contributed by atoms with Crippen LogP contribution < -0.4 is 16.0 Å². The summed E-state index contributed by atoms with van der Waals surface area (Å²) in [6.45, 7) is 6.34. The van der Waals surface area contributed by atoms with Gasteiger partial charge in [-0.3, -0.25) is 4.79 Å². The van der Waals surface area contributed by atoms with Gasteiger partial charge in [0.2, 0.25) is 5.91 Å². The lowest BCUT2D eigenvalue weighted by Crippen LogP contribution is -2.36. The van der Waals surface area contributed by atoms with Crippen molar-refractivity contribution in [2.75, 3.05) is 43.6 Å². The first-order valence-electron chi connectivity index (χ1n) is 8.05. The zero-order valence-electron chi connectivity index (χ0n) is 14.4. The lowest BCUT2D eigenvalue weighted by atomic mass is 10.0. The number of rotatable bonds is 5. The van der Waals surface area contributed by atoms with Gasteiger partial charge in [0.1, 0.15) is 0 Å². The van der Waals surface area contributed by atoms with Crippen LogP contribution in [0.5, 0.6) is 0 Å². The van der Waals surface area contributed by atoms with E-state index in [-0.39, 0.29) is 17.9 Å². The minimum Gasteiger partial charge on any atom is -0.465 e. The number of methoxy groups -OCH3 is 1. The topological polar surface area (TPSA) is 93.9 Å². The average Bonchev–Trinajstić information content (AvgIpc) is 2.61. The van der Waals surface area contributed by atoms with E-state index in [9.17, 15) is 9.59 Å². The van der Waals surface area contributed by atoms with Crippen LogP contribution in [0.1, 0.15) is 24.2 Å². The van der Waals surface area contributed by atoms with Crippen molar-refractivity contribution in [3.63, 3.8) is 0 Å². The van der Waals surface area contributed by atoms with Crippen LogP contribution in [0.15, 0.2) is 18.2 Å². The normalized spacial score (nSPS) is 17.1. The molecule has 132 valence electrons. The smallest absolute Gasteiger partial charge is 0.340 e. The number of hydrogen-bond donors (Lipinski definition) is 2. The van der Waals surface area contributed by atoms with E-state index in [2.05, 4.69) is 10.2 Å². The second-order valence-corrected chi connectivity index (χ2v) is 5.96. The van der Waals surface area contributed by atoms with Gasteiger partial charge in [0.05, 0.1) is 37.5 Å².